The van der Waals surface area contributed by atoms with Crippen molar-refractivity contribution in [3.63, 3.8) is 0 Å². The van der Waals surface area contributed by atoms with Crippen molar-refractivity contribution in [3.8, 4) is 0 Å². The molecule has 0 radical (unpaired) electrons. The highest BCUT2D eigenvalue weighted by Gasteiger charge is 2.41. The summed E-state index contributed by atoms with van der Waals surface area (Å²) in [6, 6.07) is 5.28. The molecule has 0 aliphatic heterocycles. The Morgan fingerprint density at radius 3 is 2.67 bits per heavy atom. The molecule has 1 amide bonds. The molecule has 2 N–H and O–H groups in total. The third-order valence-electron chi connectivity index (χ3n) is 3.75. The SMILES string of the molecule is CSC1(CNC(=O)c2ccc(/C=C/C(=O)O)c(C)c2)CC1. The molecule has 0 atom stereocenters. The first-order valence-electron chi connectivity index (χ1n) is 6.81. The van der Waals surface area contributed by atoms with E-state index in [1.165, 1.54) is 6.08 Å². The van der Waals surface area contributed by atoms with Gasteiger partial charge >= 0.3 is 5.97 Å². The Morgan fingerprint density at radius 2 is 2.14 bits per heavy atom. The standard InChI is InChI=1S/C16H19NO3S/c1-11-9-13(4-3-12(11)5-6-14(18)19)15(20)17-10-16(21-2)7-8-16/h3-6,9H,7-8,10H2,1-2H3,(H,17,20)(H,18,19)/b6-5+. The fourth-order valence-electron chi connectivity index (χ4n) is 2.10. The van der Waals surface area contributed by atoms with Gasteiger partial charge in [-0.1, -0.05) is 6.07 Å². The molecular formula is C16H19NO3S. The Balaban J connectivity index is 2.02. The van der Waals surface area contributed by atoms with Crippen molar-refractivity contribution in [1.29, 1.82) is 0 Å². The van der Waals surface area contributed by atoms with Gasteiger partial charge in [-0.25, -0.2) is 4.79 Å². The van der Waals surface area contributed by atoms with Crippen LogP contribution >= 0.6 is 11.8 Å². The zero-order valence-corrected chi connectivity index (χ0v) is 13.0. The van der Waals surface area contributed by atoms with Gasteiger partial charge in [0.05, 0.1) is 0 Å². The molecule has 21 heavy (non-hydrogen) atoms. The molecule has 5 heteroatoms. The number of rotatable bonds is 6. The molecule has 1 fully saturated rings. The fourth-order valence-corrected chi connectivity index (χ4v) is 2.83. The van der Waals surface area contributed by atoms with Crippen molar-refractivity contribution in [1.82, 2.24) is 5.32 Å². The maximum Gasteiger partial charge on any atom is 0.328 e. The Hall–Kier alpha value is -1.75. The van der Waals surface area contributed by atoms with Gasteiger partial charge in [0.1, 0.15) is 0 Å². The van der Waals surface area contributed by atoms with Crippen LogP contribution < -0.4 is 5.32 Å². The van der Waals surface area contributed by atoms with E-state index in [0.717, 1.165) is 30.0 Å². The van der Waals surface area contributed by atoms with Gasteiger partial charge in [0.2, 0.25) is 0 Å². The predicted octanol–water partition coefficient (Wildman–Crippen LogP) is 2.72. The van der Waals surface area contributed by atoms with Gasteiger partial charge < -0.3 is 10.4 Å². The summed E-state index contributed by atoms with van der Waals surface area (Å²) in [5.74, 6) is -1.06. The van der Waals surface area contributed by atoms with E-state index >= 15 is 0 Å². The Kier molecular flexibility index (Phi) is 4.73. The maximum absolute atomic E-state index is 12.1. The minimum Gasteiger partial charge on any atom is -0.478 e. The van der Waals surface area contributed by atoms with Crippen LogP contribution in [0.15, 0.2) is 24.3 Å². The van der Waals surface area contributed by atoms with Crippen LogP contribution in [0.4, 0.5) is 0 Å². The first kappa shape index (κ1) is 15.6. The summed E-state index contributed by atoms with van der Waals surface area (Å²) in [6.45, 7) is 2.56. The number of aliphatic carboxylic acids is 1. The highest BCUT2D eigenvalue weighted by Crippen LogP contribution is 2.46. The second-order valence-corrected chi connectivity index (χ2v) is 6.59. The molecule has 1 aromatic carbocycles. The molecule has 0 saturated heterocycles. The fraction of sp³-hybridized carbons (Fsp3) is 0.375. The predicted molar refractivity (Wildman–Crippen MR) is 85.7 cm³/mol. The van der Waals surface area contributed by atoms with Crippen LogP contribution in [0.25, 0.3) is 6.08 Å². The zero-order valence-electron chi connectivity index (χ0n) is 12.2. The molecule has 0 spiro atoms. The van der Waals surface area contributed by atoms with Crippen LogP contribution in [-0.4, -0.2) is 34.5 Å². The van der Waals surface area contributed by atoms with Crippen LogP contribution in [0, 0.1) is 6.92 Å². The Bertz CT molecular complexity index is 591. The molecule has 4 nitrogen and oxygen atoms in total. The average Bonchev–Trinajstić information content (AvgIpc) is 3.24. The van der Waals surface area contributed by atoms with E-state index in [-0.39, 0.29) is 10.7 Å². The molecule has 112 valence electrons. The number of benzene rings is 1. The number of thioether (sulfide) groups is 1. The molecule has 1 saturated carbocycles. The van der Waals surface area contributed by atoms with Crippen molar-refractivity contribution < 1.29 is 14.7 Å². The molecule has 0 aromatic heterocycles. The molecule has 0 bridgehead atoms. The molecule has 1 aliphatic rings. The number of carbonyl (C=O) groups excluding carboxylic acids is 1. The van der Waals surface area contributed by atoms with Gasteiger partial charge in [0.15, 0.2) is 0 Å². The summed E-state index contributed by atoms with van der Waals surface area (Å²) in [7, 11) is 0. The smallest absolute Gasteiger partial charge is 0.328 e. The number of amides is 1. The first-order valence-corrected chi connectivity index (χ1v) is 8.03. The van der Waals surface area contributed by atoms with Gasteiger partial charge in [0.25, 0.3) is 5.91 Å². The average molecular weight is 305 g/mol. The van der Waals surface area contributed by atoms with E-state index in [4.69, 9.17) is 5.11 Å². The molecule has 1 aromatic rings. The molecule has 2 rings (SSSR count). The monoisotopic (exact) mass is 305 g/mol. The van der Waals surface area contributed by atoms with E-state index in [2.05, 4.69) is 11.6 Å². The summed E-state index contributed by atoms with van der Waals surface area (Å²) in [4.78, 5) is 22.7. The number of hydrogen-bond acceptors (Lipinski definition) is 3. The van der Waals surface area contributed by atoms with E-state index in [1.807, 2.05) is 18.7 Å². The number of carboxylic acids is 1. The summed E-state index contributed by atoms with van der Waals surface area (Å²) >= 11 is 1.81. The minimum absolute atomic E-state index is 0.0767. The van der Waals surface area contributed by atoms with E-state index < -0.39 is 5.97 Å². The quantitative estimate of drug-likeness (QED) is 0.793. The van der Waals surface area contributed by atoms with Crippen LogP contribution in [0.1, 0.15) is 34.3 Å². The molecule has 0 heterocycles. The number of carbonyl (C=O) groups is 2. The molecular weight excluding hydrogens is 286 g/mol. The van der Waals surface area contributed by atoms with Gasteiger partial charge in [-0.3, -0.25) is 4.79 Å². The second-order valence-electron chi connectivity index (χ2n) is 5.31. The minimum atomic E-state index is -0.983. The Morgan fingerprint density at radius 1 is 1.43 bits per heavy atom. The number of carboxylic acid groups (broad SMARTS) is 1. The molecule has 1 aliphatic carbocycles. The largest absolute Gasteiger partial charge is 0.478 e. The third-order valence-corrected chi connectivity index (χ3v) is 5.17. The first-order chi connectivity index (χ1) is 9.96. The Labute approximate surface area is 128 Å². The summed E-state index contributed by atoms with van der Waals surface area (Å²) in [5, 5.41) is 11.6. The maximum atomic E-state index is 12.1. The second kappa shape index (κ2) is 6.35. The highest BCUT2D eigenvalue weighted by molar-refractivity contribution is 8.00. The van der Waals surface area contributed by atoms with Gasteiger partial charge in [-0.2, -0.15) is 11.8 Å². The third kappa shape index (κ3) is 4.11. The molecule has 0 unspecified atom stereocenters. The van der Waals surface area contributed by atoms with E-state index in [1.54, 1.807) is 18.2 Å². The van der Waals surface area contributed by atoms with Crippen molar-refractivity contribution in [2.45, 2.75) is 24.5 Å². The normalized spacial score (nSPS) is 15.9. The van der Waals surface area contributed by atoms with Crippen molar-refractivity contribution in [2.75, 3.05) is 12.8 Å². The zero-order chi connectivity index (χ0) is 15.5. The van der Waals surface area contributed by atoms with E-state index in [0.29, 0.717) is 12.1 Å². The van der Waals surface area contributed by atoms with Crippen molar-refractivity contribution in [3.05, 3.63) is 41.0 Å². The van der Waals surface area contributed by atoms with Crippen molar-refractivity contribution in [2.24, 2.45) is 0 Å². The number of hydrogen-bond donors (Lipinski definition) is 2. The number of aryl methyl sites for hydroxylation is 1. The van der Waals surface area contributed by atoms with Gasteiger partial charge in [0, 0.05) is 22.9 Å². The van der Waals surface area contributed by atoms with Crippen LogP contribution in [0.5, 0.6) is 0 Å². The lowest BCUT2D eigenvalue weighted by Crippen LogP contribution is -2.31. The summed E-state index contributed by atoms with van der Waals surface area (Å²) in [6.07, 6.45) is 7.02. The van der Waals surface area contributed by atoms with Crippen LogP contribution in [0.3, 0.4) is 0 Å². The summed E-state index contributed by atoms with van der Waals surface area (Å²) in [5.41, 5.74) is 2.29. The lowest BCUT2D eigenvalue weighted by Gasteiger charge is -2.13. The highest BCUT2D eigenvalue weighted by atomic mass is 32.2. The number of nitrogens with one attached hydrogen (secondary N) is 1. The lowest BCUT2D eigenvalue weighted by molar-refractivity contribution is -0.131. The topological polar surface area (TPSA) is 66.4 Å². The van der Waals surface area contributed by atoms with Crippen molar-refractivity contribution >= 4 is 29.7 Å². The van der Waals surface area contributed by atoms with Crippen LogP contribution in [-0.2, 0) is 4.79 Å². The van der Waals surface area contributed by atoms with Crippen LogP contribution in [0.2, 0.25) is 0 Å². The van der Waals surface area contributed by atoms with Gasteiger partial charge in [-0.05, 0) is 55.4 Å². The summed E-state index contributed by atoms with van der Waals surface area (Å²) < 4.78 is 0.245. The van der Waals surface area contributed by atoms with Gasteiger partial charge in [-0.15, -0.1) is 0 Å². The lowest BCUT2D eigenvalue weighted by atomic mass is 10.0. The van der Waals surface area contributed by atoms with E-state index in [9.17, 15) is 9.59 Å².